The molecule has 0 aliphatic heterocycles. The maximum atomic E-state index is 13.0. The van der Waals surface area contributed by atoms with Gasteiger partial charge in [-0.15, -0.1) is 0 Å². The molecule has 3 aromatic rings. The molecule has 0 aliphatic carbocycles. The minimum absolute atomic E-state index is 0.212. The SMILES string of the molecule is NC(Cc1cnc[nH]1)c1nc(-c2ccc(F)cc2Cl)no1. The summed E-state index contributed by atoms with van der Waals surface area (Å²) in [5.74, 6) is 0.124. The van der Waals surface area contributed by atoms with Crippen molar-refractivity contribution >= 4 is 11.6 Å². The number of hydrogen-bond donors (Lipinski definition) is 2. The third-order valence-corrected chi connectivity index (χ3v) is 3.24. The highest BCUT2D eigenvalue weighted by molar-refractivity contribution is 6.33. The quantitative estimate of drug-likeness (QED) is 0.772. The van der Waals surface area contributed by atoms with Gasteiger partial charge in [-0.05, 0) is 18.2 Å². The molecule has 0 aliphatic rings. The molecule has 0 saturated heterocycles. The van der Waals surface area contributed by atoms with Crippen LogP contribution in [0.25, 0.3) is 11.4 Å². The summed E-state index contributed by atoms with van der Waals surface area (Å²) in [4.78, 5) is 11.1. The molecule has 1 atom stereocenters. The lowest BCUT2D eigenvalue weighted by Gasteiger charge is -2.03. The number of aromatic nitrogens is 4. The van der Waals surface area contributed by atoms with E-state index in [0.29, 0.717) is 12.0 Å². The first-order chi connectivity index (χ1) is 10.1. The van der Waals surface area contributed by atoms with Crippen molar-refractivity contribution in [2.45, 2.75) is 12.5 Å². The Morgan fingerprint density at radius 3 is 3.00 bits per heavy atom. The summed E-state index contributed by atoms with van der Waals surface area (Å²) in [6.45, 7) is 0. The number of hydrogen-bond acceptors (Lipinski definition) is 5. The van der Waals surface area contributed by atoms with Gasteiger partial charge in [-0.2, -0.15) is 4.98 Å². The Kier molecular flexibility index (Phi) is 3.68. The van der Waals surface area contributed by atoms with Crippen LogP contribution in [-0.4, -0.2) is 20.1 Å². The molecule has 8 heteroatoms. The van der Waals surface area contributed by atoms with E-state index in [9.17, 15) is 4.39 Å². The minimum atomic E-state index is -0.467. The Hall–Kier alpha value is -2.25. The molecule has 3 rings (SSSR count). The lowest BCUT2D eigenvalue weighted by atomic mass is 10.2. The molecule has 0 amide bonds. The van der Waals surface area contributed by atoms with Crippen LogP contribution in [0.2, 0.25) is 5.02 Å². The van der Waals surface area contributed by atoms with E-state index in [1.165, 1.54) is 18.2 Å². The van der Waals surface area contributed by atoms with Crippen molar-refractivity contribution < 1.29 is 8.91 Å². The Bertz CT molecular complexity index is 743. The predicted octanol–water partition coefficient (Wildman–Crippen LogP) is 2.49. The van der Waals surface area contributed by atoms with Gasteiger partial charge in [0.15, 0.2) is 0 Å². The van der Waals surface area contributed by atoms with Gasteiger partial charge in [0.2, 0.25) is 11.7 Å². The van der Waals surface area contributed by atoms with Crippen molar-refractivity contribution in [3.63, 3.8) is 0 Å². The molecule has 6 nitrogen and oxygen atoms in total. The monoisotopic (exact) mass is 307 g/mol. The van der Waals surface area contributed by atoms with Crippen LogP contribution in [0.4, 0.5) is 4.39 Å². The Labute approximate surface area is 124 Å². The zero-order valence-corrected chi connectivity index (χ0v) is 11.5. The summed E-state index contributed by atoms with van der Waals surface area (Å²) in [5.41, 5.74) is 7.35. The molecule has 1 aromatic carbocycles. The van der Waals surface area contributed by atoms with Crippen molar-refractivity contribution in [3.05, 3.63) is 53.1 Å². The topological polar surface area (TPSA) is 93.6 Å². The summed E-state index contributed by atoms with van der Waals surface area (Å²) in [5, 5.41) is 4.04. The van der Waals surface area contributed by atoms with Crippen LogP contribution in [0, 0.1) is 5.82 Å². The predicted molar refractivity (Wildman–Crippen MR) is 73.9 cm³/mol. The first kappa shape index (κ1) is 13.7. The van der Waals surface area contributed by atoms with Gasteiger partial charge in [-0.25, -0.2) is 9.37 Å². The molecule has 108 valence electrons. The van der Waals surface area contributed by atoms with Crippen molar-refractivity contribution in [1.82, 2.24) is 20.1 Å². The molecule has 0 spiro atoms. The van der Waals surface area contributed by atoms with Gasteiger partial charge in [0.25, 0.3) is 0 Å². The fraction of sp³-hybridized carbons (Fsp3) is 0.154. The van der Waals surface area contributed by atoms with Crippen molar-refractivity contribution in [2.75, 3.05) is 0 Å². The number of rotatable bonds is 4. The van der Waals surface area contributed by atoms with E-state index in [2.05, 4.69) is 20.1 Å². The number of nitrogens with one attached hydrogen (secondary N) is 1. The molecular weight excluding hydrogens is 297 g/mol. The van der Waals surface area contributed by atoms with Crippen LogP contribution >= 0.6 is 11.6 Å². The number of benzene rings is 1. The zero-order valence-electron chi connectivity index (χ0n) is 10.8. The Morgan fingerprint density at radius 1 is 1.43 bits per heavy atom. The molecule has 0 bridgehead atoms. The van der Waals surface area contributed by atoms with Crippen molar-refractivity contribution in [1.29, 1.82) is 0 Å². The van der Waals surface area contributed by atoms with E-state index < -0.39 is 11.9 Å². The number of nitrogens with two attached hydrogens (primary N) is 1. The lowest BCUT2D eigenvalue weighted by molar-refractivity contribution is 0.354. The Morgan fingerprint density at radius 2 is 2.29 bits per heavy atom. The third kappa shape index (κ3) is 2.93. The molecule has 0 radical (unpaired) electrons. The van der Waals surface area contributed by atoms with Gasteiger partial charge >= 0.3 is 0 Å². The molecule has 2 heterocycles. The molecule has 21 heavy (non-hydrogen) atoms. The smallest absolute Gasteiger partial charge is 0.244 e. The summed E-state index contributed by atoms with van der Waals surface area (Å²) < 4.78 is 18.2. The van der Waals surface area contributed by atoms with Crippen LogP contribution in [0.1, 0.15) is 17.6 Å². The summed E-state index contributed by atoms with van der Waals surface area (Å²) in [7, 11) is 0. The molecule has 2 aromatic heterocycles. The third-order valence-electron chi connectivity index (χ3n) is 2.93. The van der Waals surface area contributed by atoms with E-state index in [1.54, 1.807) is 12.5 Å². The van der Waals surface area contributed by atoms with E-state index in [4.69, 9.17) is 21.9 Å². The zero-order chi connectivity index (χ0) is 14.8. The van der Waals surface area contributed by atoms with E-state index >= 15 is 0 Å². The summed E-state index contributed by atoms with van der Waals surface area (Å²) in [6, 6.07) is 3.50. The highest BCUT2D eigenvalue weighted by atomic mass is 35.5. The molecule has 3 N–H and O–H groups in total. The lowest BCUT2D eigenvalue weighted by Crippen LogP contribution is -2.14. The van der Waals surface area contributed by atoms with Gasteiger partial charge in [0, 0.05) is 23.9 Å². The second-order valence-corrected chi connectivity index (χ2v) is 4.88. The van der Waals surface area contributed by atoms with Gasteiger partial charge in [0.05, 0.1) is 17.4 Å². The van der Waals surface area contributed by atoms with Crippen molar-refractivity contribution in [2.24, 2.45) is 5.73 Å². The number of imidazole rings is 1. The van der Waals surface area contributed by atoms with Gasteiger partial charge in [0.1, 0.15) is 5.82 Å². The molecule has 0 saturated carbocycles. The van der Waals surface area contributed by atoms with Crippen LogP contribution in [0.5, 0.6) is 0 Å². The molecule has 1 unspecified atom stereocenters. The second-order valence-electron chi connectivity index (χ2n) is 4.47. The fourth-order valence-electron chi connectivity index (χ4n) is 1.89. The van der Waals surface area contributed by atoms with Crippen LogP contribution < -0.4 is 5.73 Å². The summed E-state index contributed by atoms with van der Waals surface area (Å²) >= 11 is 5.96. The maximum absolute atomic E-state index is 13.0. The van der Waals surface area contributed by atoms with Gasteiger partial charge < -0.3 is 15.2 Å². The normalized spacial score (nSPS) is 12.5. The molecule has 0 fully saturated rings. The van der Waals surface area contributed by atoms with Crippen LogP contribution in [-0.2, 0) is 6.42 Å². The van der Waals surface area contributed by atoms with E-state index in [-0.39, 0.29) is 16.7 Å². The summed E-state index contributed by atoms with van der Waals surface area (Å²) in [6.07, 6.45) is 3.73. The highest BCUT2D eigenvalue weighted by Crippen LogP contribution is 2.27. The Balaban J connectivity index is 1.82. The number of H-pyrrole nitrogens is 1. The van der Waals surface area contributed by atoms with Gasteiger partial charge in [-0.1, -0.05) is 16.8 Å². The first-order valence-corrected chi connectivity index (χ1v) is 6.53. The fourth-order valence-corrected chi connectivity index (χ4v) is 2.14. The minimum Gasteiger partial charge on any atom is -0.348 e. The average molecular weight is 308 g/mol. The van der Waals surface area contributed by atoms with E-state index in [1.807, 2.05) is 0 Å². The van der Waals surface area contributed by atoms with Crippen molar-refractivity contribution in [3.8, 4) is 11.4 Å². The van der Waals surface area contributed by atoms with E-state index in [0.717, 1.165) is 5.69 Å². The standard InChI is InChI=1S/C13H11ClFN5O/c14-10-3-7(15)1-2-9(10)12-19-13(21-20-12)11(16)4-8-5-17-6-18-8/h1-3,5-6,11H,4,16H2,(H,17,18). The molecular formula is C13H11ClFN5O. The first-order valence-electron chi connectivity index (χ1n) is 6.15. The maximum Gasteiger partial charge on any atom is 0.244 e. The largest absolute Gasteiger partial charge is 0.348 e. The number of halogens is 2. The van der Waals surface area contributed by atoms with Crippen LogP contribution in [0.15, 0.2) is 35.2 Å². The van der Waals surface area contributed by atoms with Gasteiger partial charge in [-0.3, -0.25) is 0 Å². The highest BCUT2D eigenvalue weighted by Gasteiger charge is 2.18. The average Bonchev–Trinajstić information content (AvgIpc) is 3.09. The second kappa shape index (κ2) is 5.63. The number of aromatic amines is 1. The number of nitrogens with zero attached hydrogens (tertiary/aromatic N) is 3. The van der Waals surface area contributed by atoms with Crippen LogP contribution in [0.3, 0.4) is 0 Å².